The summed E-state index contributed by atoms with van der Waals surface area (Å²) in [6.07, 6.45) is 6.63. The zero-order valence-electron chi connectivity index (χ0n) is 11.3. The predicted octanol–water partition coefficient (Wildman–Crippen LogP) is 2.66. The van der Waals surface area contributed by atoms with Gasteiger partial charge in [0.2, 0.25) is 0 Å². The quantitative estimate of drug-likeness (QED) is 0.787. The molecule has 1 aliphatic rings. The van der Waals surface area contributed by atoms with Crippen molar-refractivity contribution in [2.75, 3.05) is 13.1 Å². The number of hydrogen-bond donors (Lipinski definition) is 0. The third kappa shape index (κ3) is 2.23. The molecule has 0 atom stereocenters. The van der Waals surface area contributed by atoms with Gasteiger partial charge in [-0.15, -0.1) is 0 Å². The van der Waals surface area contributed by atoms with E-state index in [1.165, 1.54) is 12.8 Å². The van der Waals surface area contributed by atoms with E-state index < -0.39 is 0 Å². The number of carbonyl (C=O) groups excluding carboxylic acids is 1. The first kappa shape index (κ1) is 12.2. The van der Waals surface area contributed by atoms with Crippen LogP contribution in [0.25, 0.3) is 5.52 Å². The molecule has 3 heterocycles. The Morgan fingerprint density at radius 2 is 1.89 bits per heavy atom. The minimum atomic E-state index is 0.0821. The Morgan fingerprint density at radius 1 is 1.16 bits per heavy atom. The maximum atomic E-state index is 12.6. The number of hydrogen-bond acceptors (Lipinski definition) is 2. The molecule has 19 heavy (non-hydrogen) atoms. The van der Waals surface area contributed by atoms with Crippen LogP contribution in [-0.2, 0) is 0 Å². The van der Waals surface area contributed by atoms with E-state index in [2.05, 4.69) is 4.98 Å². The van der Waals surface area contributed by atoms with Gasteiger partial charge in [0.25, 0.3) is 5.91 Å². The van der Waals surface area contributed by atoms with Crippen molar-refractivity contribution in [3.63, 3.8) is 0 Å². The third-order valence-corrected chi connectivity index (χ3v) is 3.82. The number of nitrogens with zero attached hydrogens (tertiary/aromatic N) is 3. The smallest absolute Gasteiger partial charge is 0.274 e. The van der Waals surface area contributed by atoms with Crippen LogP contribution in [0, 0.1) is 6.92 Å². The number of rotatable bonds is 1. The van der Waals surface area contributed by atoms with Crippen LogP contribution in [0.4, 0.5) is 0 Å². The monoisotopic (exact) mass is 257 g/mol. The summed E-state index contributed by atoms with van der Waals surface area (Å²) >= 11 is 0. The number of carbonyl (C=O) groups is 1. The van der Waals surface area contributed by atoms with E-state index in [0.29, 0.717) is 5.69 Å². The second-order valence-corrected chi connectivity index (χ2v) is 5.17. The van der Waals surface area contributed by atoms with Crippen molar-refractivity contribution in [3.05, 3.63) is 35.9 Å². The van der Waals surface area contributed by atoms with Gasteiger partial charge < -0.3 is 9.30 Å². The number of likely N-dealkylation sites (tertiary alicyclic amines) is 1. The first-order chi connectivity index (χ1) is 9.27. The van der Waals surface area contributed by atoms with E-state index in [4.69, 9.17) is 0 Å². The fourth-order valence-corrected chi connectivity index (χ4v) is 2.77. The summed E-state index contributed by atoms with van der Waals surface area (Å²) in [5.74, 6) is 0.951. The maximum Gasteiger partial charge on any atom is 0.274 e. The van der Waals surface area contributed by atoms with Crippen LogP contribution in [0.5, 0.6) is 0 Å². The van der Waals surface area contributed by atoms with Crippen molar-refractivity contribution < 1.29 is 4.79 Å². The topological polar surface area (TPSA) is 37.6 Å². The van der Waals surface area contributed by atoms with Crippen LogP contribution in [0.3, 0.4) is 0 Å². The molecule has 0 radical (unpaired) electrons. The highest BCUT2D eigenvalue weighted by molar-refractivity contribution is 5.99. The molecule has 0 aliphatic carbocycles. The van der Waals surface area contributed by atoms with Gasteiger partial charge in [-0.3, -0.25) is 4.79 Å². The summed E-state index contributed by atoms with van der Waals surface area (Å²) in [6, 6.07) is 5.88. The fraction of sp³-hybridized carbons (Fsp3) is 0.467. The molecule has 0 bridgehead atoms. The zero-order chi connectivity index (χ0) is 13.2. The average molecular weight is 257 g/mol. The lowest BCUT2D eigenvalue weighted by Gasteiger charge is -2.19. The molecule has 2 aromatic rings. The van der Waals surface area contributed by atoms with Gasteiger partial charge in [0.05, 0.1) is 5.52 Å². The average Bonchev–Trinajstić information content (AvgIpc) is 2.64. The SMILES string of the molecule is Cc1nc(C(=O)N2CCCCCC2)c2ccccn12. The Balaban J connectivity index is 1.97. The van der Waals surface area contributed by atoms with Crippen LogP contribution < -0.4 is 0 Å². The molecule has 3 rings (SSSR count). The van der Waals surface area contributed by atoms with Crippen molar-refractivity contribution in [3.8, 4) is 0 Å². The van der Waals surface area contributed by atoms with Crippen LogP contribution >= 0.6 is 0 Å². The van der Waals surface area contributed by atoms with Gasteiger partial charge in [0.15, 0.2) is 5.69 Å². The van der Waals surface area contributed by atoms with E-state index in [0.717, 1.165) is 37.3 Å². The van der Waals surface area contributed by atoms with Crippen LogP contribution in [0.1, 0.15) is 42.0 Å². The van der Waals surface area contributed by atoms with Gasteiger partial charge in [-0.1, -0.05) is 18.9 Å². The Bertz CT molecular complexity index is 594. The first-order valence-corrected chi connectivity index (χ1v) is 7.00. The predicted molar refractivity (Wildman–Crippen MR) is 74.3 cm³/mol. The van der Waals surface area contributed by atoms with Crippen molar-refractivity contribution in [2.24, 2.45) is 0 Å². The molecular weight excluding hydrogens is 238 g/mol. The van der Waals surface area contributed by atoms with E-state index in [1.807, 2.05) is 40.6 Å². The van der Waals surface area contributed by atoms with Gasteiger partial charge in [-0.05, 0) is 31.9 Å². The summed E-state index contributed by atoms with van der Waals surface area (Å²) in [6.45, 7) is 3.67. The maximum absolute atomic E-state index is 12.6. The van der Waals surface area contributed by atoms with Gasteiger partial charge in [-0.25, -0.2) is 4.98 Å². The first-order valence-electron chi connectivity index (χ1n) is 7.00. The molecule has 2 aromatic heterocycles. The van der Waals surface area contributed by atoms with Crippen molar-refractivity contribution in [2.45, 2.75) is 32.6 Å². The Kier molecular flexibility index (Phi) is 3.23. The molecule has 1 fully saturated rings. The summed E-state index contributed by atoms with van der Waals surface area (Å²) in [7, 11) is 0. The molecule has 4 heteroatoms. The fourth-order valence-electron chi connectivity index (χ4n) is 2.77. The van der Waals surface area contributed by atoms with Gasteiger partial charge >= 0.3 is 0 Å². The highest BCUT2D eigenvalue weighted by atomic mass is 16.2. The lowest BCUT2D eigenvalue weighted by atomic mass is 10.2. The van der Waals surface area contributed by atoms with Crippen LogP contribution in [0.15, 0.2) is 24.4 Å². The largest absolute Gasteiger partial charge is 0.337 e. The number of amides is 1. The zero-order valence-corrected chi connectivity index (χ0v) is 11.3. The summed E-state index contributed by atoms with van der Waals surface area (Å²) < 4.78 is 1.98. The molecule has 1 amide bonds. The summed E-state index contributed by atoms with van der Waals surface area (Å²) in [4.78, 5) is 19.1. The van der Waals surface area contributed by atoms with Crippen LogP contribution in [-0.4, -0.2) is 33.3 Å². The molecule has 0 unspecified atom stereocenters. The molecule has 0 saturated carbocycles. The second kappa shape index (κ2) is 5.03. The highest BCUT2D eigenvalue weighted by Gasteiger charge is 2.22. The number of imidazole rings is 1. The number of fused-ring (bicyclic) bond motifs is 1. The number of aryl methyl sites for hydroxylation is 1. The van der Waals surface area contributed by atoms with E-state index >= 15 is 0 Å². The molecular formula is C15H19N3O. The van der Waals surface area contributed by atoms with Crippen molar-refractivity contribution in [1.29, 1.82) is 0 Å². The van der Waals surface area contributed by atoms with E-state index in [9.17, 15) is 4.79 Å². The molecule has 0 aromatic carbocycles. The Labute approximate surface area is 113 Å². The normalized spacial score (nSPS) is 16.6. The number of pyridine rings is 1. The van der Waals surface area contributed by atoms with Crippen molar-refractivity contribution >= 4 is 11.4 Å². The molecule has 1 saturated heterocycles. The van der Waals surface area contributed by atoms with Gasteiger partial charge in [0, 0.05) is 19.3 Å². The molecule has 4 nitrogen and oxygen atoms in total. The third-order valence-electron chi connectivity index (χ3n) is 3.82. The standard InChI is InChI=1S/C15H19N3O/c1-12-16-14(13-8-4-7-11-18(12)13)15(19)17-9-5-2-3-6-10-17/h4,7-8,11H,2-3,5-6,9-10H2,1H3. The number of aromatic nitrogens is 2. The molecule has 1 aliphatic heterocycles. The lowest BCUT2D eigenvalue weighted by Crippen LogP contribution is -2.32. The van der Waals surface area contributed by atoms with Crippen molar-refractivity contribution in [1.82, 2.24) is 14.3 Å². The highest BCUT2D eigenvalue weighted by Crippen LogP contribution is 2.17. The van der Waals surface area contributed by atoms with E-state index in [1.54, 1.807) is 0 Å². The Hall–Kier alpha value is -1.84. The minimum absolute atomic E-state index is 0.0821. The van der Waals surface area contributed by atoms with Gasteiger partial charge in [0.1, 0.15) is 5.82 Å². The van der Waals surface area contributed by atoms with Gasteiger partial charge in [-0.2, -0.15) is 0 Å². The molecule has 0 N–H and O–H groups in total. The summed E-state index contributed by atoms with van der Waals surface area (Å²) in [5, 5.41) is 0. The van der Waals surface area contributed by atoms with Crippen LogP contribution in [0.2, 0.25) is 0 Å². The Morgan fingerprint density at radius 3 is 2.63 bits per heavy atom. The molecule has 0 spiro atoms. The van der Waals surface area contributed by atoms with E-state index in [-0.39, 0.29) is 5.91 Å². The minimum Gasteiger partial charge on any atom is -0.337 e. The molecule has 100 valence electrons. The lowest BCUT2D eigenvalue weighted by molar-refractivity contribution is 0.0758. The second-order valence-electron chi connectivity index (χ2n) is 5.17. The summed E-state index contributed by atoms with van der Waals surface area (Å²) in [5.41, 5.74) is 1.51.